The van der Waals surface area contributed by atoms with Crippen molar-refractivity contribution in [2.45, 2.75) is 6.54 Å². The molecule has 0 aliphatic carbocycles. The average Bonchev–Trinajstić information content (AvgIpc) is 2.97. The van der Waals surface area contributed by atoms with Gasteiger partial charge in [0.1, 0.15) is 11.5 Å². The number of nitrogens with one attached hydrogen (secondary N) is 1. The Hall–Kier alpha value is -2.75. The second-order valence-electron chi connectivity index (χ2n) is 3.65. The van der Waals surface area contributed by atoms with Crippen molar-refractivity contribution in [1.29, 1.82) is 0 Å². The van der Waals surface area contributed by atoms with E-state index in [1.54, 1.807) is 0 Å². The van der Waals surface area contributed by atoms with Gasteiger partial charge in [-0.25, -0.2) is 4.79 Å². The smallest absolute Gasteiger partial charge is 0.389 e. The van der Waals surface area contributed by atoms with Gasteiger partial charge in [-0.05, 0) is 16.4 Å². The maximum Gasteiger partial charge on any atom is 0.389 e. The average molecular weight is 296 g/mol. The number of amides is 1. The summed E-state index contributed by atoms with van der Waals surface area (Å²) in [5, 5.41) is 27.1. The van der Waals surface area contributed by atoms with Crippen LogP contribution in [-0.2, 0) is 11.3 Å². The highest BCUT2D eigenvalue weighted by Crippen LogP contribution is 2.23. The second-order valence-corrected chi connectivity index (χ2v) is 4.56. The zero-order valence-corrected chi connectivity index (χ0v) is 10.7. The summed E-state index contributed by atoms with van der Waals surface area (Å²) >= 11 is 1.08. The fourth-order valence-electron chi connectivity index (χ4n) is 1.42. The molecule has 0 aliphatic heterocycles. The fraction of sp³-hybridized carbons (Fsp3) is 0.100. The standard InChI is InChI=1S/C10H8N4O5S/c15-8(5-13-3-1-7(12-13)14(18)19)11-9-6(10(16)17)2-4-20-9/h1-4H,5H2,(H,11,15)(H,16,17). The topological polar surface area (TPSA) is 127 Å². The van der Waals surface area contributed by atoms with Gasteiger partial charge in [0, 0.05) is 0 Å². The number of nitro groups is 1. The van der Waals surface area contributed by atoms with Crippen molar-refractivity contribution in [3.8, 4) is 0 Å². The van der Waals surface area contributed by atoms with Gasteiger partial charge in [0.25, 0.3) is 0 Å². The first kappa shape index (κ1) is 13.7. The maximum absolute atomic E-state index is 11.7. The summed E-state index contributed by atoms with van der Waals surface area (Å²) in [5.74, 6) is -2.02. The molecule has 2 aromatic heterocycles. The van der Waals surface area contributed by atoms with E-state index in [1.165, 1.54) is 23.7 Å². The van der Waals surface area contributed by atoms with Gasteiger partial charge in [-0.3, -0.25) is 4.79 Å². The number of thiophene rings is 1. The Bertz CT molecular complexity index is 677. The van der Waals surface area contributed by atoms with E-state index in [2.05, 4.69) is 10.4 Å². The molecule has 0 aromatic carbocycles. The Morgan fingerprint density at radius 3 is 2.85 bits per heavy atom. The van der Waals surface area contributed by atoms with Gasteiger partial charge < -0.3 is 20.5 Å². The molecule has 9 nitrogen and oxygen atoms in total. The minimum atomic E-state index is -1.14. The van der Waals surface area contributed by atoms with Crippen molar-refractivity contribution in [3.05, 3.63) is 39.4 Å². The molecule has 0 unspecified atom stereocenters. The molecule has 0 saturated carbocycles. The van der Waals surface area contributed by atoms with Crippen LogP contribution in [0.3, 0.4) is 0 Å². The molecule has 104 valence electrons. The number of anilines is 1. The van der Waals surface area contributed by atoms with Crippen LogP contribution >= 0.6 is 11.3 Å². The van der Waals surface area contributed by atoms with E-state index in [9.17, 15) is 19.7 Å². The third kappa shape index (κ3) is 2.98. The SMILES string of the molecule is O=C(Cn1ccc([N+](=O)[O-])n1)Nc1sccc1C(=O)O. The quantitative estimate of drug-likeness (QED) is 0.630. The number of hydrogen-bond acceptors (Lipinski definition) is 6. The summed E-state index contributed by atoms with van der Waals surface area (Å²) in [7, 11) is 0. The van der Waals surface area contributed by atoms with E-state index in [0.29, 0.717) is 0 Å². The molecule has 20 heavy (non-hydrogen) atoms. The predicted octanol–water partition coefficient (Wildman–Crippen LogP) is 1.19. The van der Waals surface area contributed by atoms with E-state index in [-0.39, 0.29) is 22.9 Å². The molecular weight excluding hydrogens is 288 g/mol. The van der Waals surface area contributed by atoms with E-state index in [1.807, 2.05) is 0 Å². The van der Waals surface area contributed by atoms with Crippen LogP contribution in [0, 0.1) is 10.1 Å². The van der Waals surface area contributed by atoms with Crippen molar-refractivity contribution in [2.75, 3.05) is 5.32 Å². The van der Waals surface area contributed by atoms with Crippen molar-refractivity contribution >= 4 is 34.0 Å². The molecule has 0 aliphatic rings. The highest BCUT2D eigenvalue weighted by molar-refractivity contribution is 7.14. The van der Waals surface area contributed by atoms with Crippen molar-refractivity contribution in [3.63, 3.8) is 0 Å². The highest BCUT2D eigenvalue weighted by atomic mass is 32.1. The lowest BCUT2D eigenvalue weighted by molar-refractivity contribution is -0.389. The van der Waals surface area contributed by atoms with E-state index in [0.717, 1.165) is 16.0 Å². The van der Waals surface area contributed by atoms with Crippen LogP contribution in [0.1, 0.15) is 10.4 Å². The largest absolute Gasteiger partial charge is 0.478 e. The number of hydrogen-bond donors (Lipinski definition) is 2. The van der Waals surface area contributed by atoms with Gasteiger partial charge in [-0.2, -0.15) is 4.68 Å². The fourth-order valence-corrected chi connectivity index (χ4v) is 2.22. The number of carboxylic acid groups (broad SMARTS) is 1. The molecule has 10 heteroatoms. The van der Waals surface area contributed by atoms with Gasteiger partial charge >= 0.3 is 11.8 Å². The molecule has 0 saturated heterocycles. The van der Waals surface area contributed by atoms with Crippen LogP contribution in [0.2, 0.25) is 0 Å². The van der Waals surface area contributed by atoms with Crippen LogP contribution in [0.4, 0.5) is 10.8 Å². The molecule has 2 aromatic rings. The number of rotatable bonds is 5. The zero-order chi connectivity index (χ0) is 14.7. The Labute approximate surface area is 115 Å². The molecule has 1 amide bonds. The van der Waals surface area contributed by atoms with E-state index in [4.69, 9.17) is 5.11 Å². The first-order valence-electron chi connectivity index (χ1n) is 5.26. The summed E-state index contributed by atoms with van der Waals surface area (Å²) < 4.78 is 1.10. The van der Waals surface area contributed by atoms with Crippen LogP contribution in [0.15, 0.2) is 23.7 Å². The first-order valence-corrected chi connectivity index (χ1v) is 6.14. The lowest BCUT2D eigenvalue weighted by Gasteiger charge is -2.02. The molecule has 2 N–H and O–H groups in total. The minimum absolute atomic E-state index is 0.00482. The number of aromatic carboxylic acids is 1. The third-order valence-electron chi connectivity index (χ3n) is 2.27. The number of carbonyl (C=O) groups is 2. The molecule has 2 rings (SSSR count). The van der Waals surface area contributed by atoms with Crippen LogP contribution in [0.5, 0.6) is 0 Å². The predicted molar refractivity (Wildman–Crippen MR) is 68.8 cm³/mol. The number of nitrogens with zero attached hydrogens (tertiary/aromatic N) is 3. The monoisotopic (exact) mass is 296 g/mol. The zero-order valence-electron chi connectivity index (χ0n) is 9.85. The van der Waals surface area contributed by atoms with Crippen molar-refractivity contribution in [1.82, 2.24) is 9.78 Å². The van der Waals surface area contributed by atoms with E-state index < -0.39 is 16.8 Å². The maximum atomic E-state index is 11.7. The highest BCUT2D eigenvalue weighted by Gasteiger charge is 2.16. The molecular formula is C10H8N4O5S. The van der Waals surface area contributed by atoms with Gasteiger partial charge in [-0.15, -0.1) is 11.3 Å². The Kier molecular flexibility index (Phi) is 3.75. The van der Waals surface area contributed by atoms with Crippen LogP contribution < -0.4 is 5.32 Å². The Morgan fingerprint density at radius 2 is 2.25 bits per heavy atom. The number of carbonyl (C=O) groups excluding carboxylic acids is 1. The molecule has 0 radical (unpaired) electrons. The lowest BCUT2D eigenvalue weighted by Crippen LogP contribution is -2.19. The van der Waals surface area contributed by atoms with Crippen LogP contribution in [-0.4, -0.2) is 31.7 Å². The molecule has 0 atom stereocenters. The second kappa shape index (κ2) is 5.48. The number of carboxylic acids is 1. The van der Waals surface area contributed by atoms with Gasteiger partial charge in [0.05, 0.1) is 22.9 Å². The number of aromatic nitrogens is 2. The Morgan fingerprint density at radius 1 is 1.50 bits per heavy atom. The Balaban J connectivity index is 2.03. The summed E-state index contributed by atoms with van der Waals surface area (Å²) in [4.78, 5) is 32.3. The summed E-state index contributed by atoms with van der Waals surface area (Å²) in [6.07, 6.45) is 1.30. The first-order chi connectivity index (χ1) is 9.47. The summed E-state index contributed by atoms with van der Waals surface area (Å²) in [6, 6.07) is 2.54. The molecule has 2 heterocycles. The normalized spacial score (nSPS) is 10.2. The van der Waals surface area contributed by atoms with Gasteiger partial charge in [0.15, 0.2) is 0 Å². The molecule has 0 fully saturated rings. The lowest BCUT2D eigenvalue weighted by atomic mass is 10.3. The van der Waals surface area contributed by atoms with Crippen molar-refractivity contribution < 1.29 is 19.6 Å². The third-order valence-corrected chi connectivity index (χ3v) is 3.10. The van der Waals surface area contributed by atoms with E-state index >= 15 is 0 Å². The molecule has 0 spiro atoms. The van der Waals surface area contributed by atoms with Gasteiger partial charge in [0.2, 0.25) is 5.91 Å². The van der Waals surface area contributed by atoms with Crippen LogP contribution in [0.25, 0.3) is 0 Å². The summed E-state index contributed by atoms with van der Waals surface area (Å²) in [5.41, 5.74) is -0.00482. The van der Waals surface area contributed by atoms with Crippen molar-refractivity contribution in [2.24, 2.45) is 0 Å². The van der Waals surface area contributed by atoms with Gasteiger partial charge in [-0.1, -0.05) is 0 Å². The molecule has 0 bridgehead atoms. The summed E-state index contributed by atoms with van der Waals surface area (Å²) in [6.45, 7) is -0.245. The minimum Gasteiger partial charge on any atom is -0.478 e.